The van der Waals surface area contributed by atoms with Gasteiger partial charge in [0, 0.05) is 32.0 Å². The van der Waals surface area contributed by atoms with Crippen molar-refractivity contribution in [1.29, 1.82) is 0 Å². The van der Waals surface area contributed by atoms with Crippen LogP contribution in [0.2, 0.25) is 0 Å². The van der Waals surface area contributed by atoms with E-state index in [1.165, 1.54) is 0 Å². The largest absolute Gasteiger partial charge is 0.493 e. The van der Waals surface area contributed by atoms with Crippen LogP contribution in [0.15, 0.2) is 35.6 Å². The molecule has 0 aliphatic rings. The van der Waals surface area contributed by atoms with Crippen molar-refractivity contribution in [3.05, 3.63) is 36.2 Å². The number of aryl methyl sites for hydroxylation is 1. The van der Waals surface area contributed by atoms with Gasteiger partial charge in [0.15, 0.2) is 17.5 Å². The number of hydrogen-bond acceptors (Lipinski definition) is 5. The van der Waals surface area contributed by atoms with E-state index in [0.717, 1.165) is 37.6 Å². The zero-order chi connectivity index (χ0) is 19.5. The molecule has 1 heterocycles. The number of nitrogens with one attached hydrogen (secondary N) is 2. The lowest BCUT2D eigenvalue weighted by atomic mass is 10.2. The van der Waals surface area contributed by atoms with Crippen molar-refractivity contribution in [3.8, 4) is 17.2 Å². The second-order valence-corrected chi connectivity index (χ2v) is 5.78. The SMILES string of the molecule is CCNC(=NCc1cc(OC)c(OC)c(OC)c1)NCCCn1cccn1. The minimum Gasteiger partial charge on any atom is -0.493 e. The lowest BCUT2D eigenvalue weighted by Crippen LogP contribution is -2.38. The number of guanidine groups is 1. The van der Waals surface area contributed by atoms with Gasteiger partial charge in [0.25, 0.3) is 0 Å². The first kappa shape index (κ1) is 20.4. The predicted octanol–water partition coefficient (Wildman–Crippen LogP) is 2.05. The number of hydrogen-bond donors (Lipinski definition) is 2. The van der Waals surface area contributed by atoms with Gasteiger partial charge in [-0.15, -0.1) is 0 Å². The van der Waals surface area contributed by atoms with Crippen LogP contribution in [0.3, 0.4) is 0 Å². The molecule has 148 valence electrons. The second-order valence-electron chi connectivity index (χ2n) is 5.78. The molecule has 0 fully saturated rings. The van der Waals surface area contributed by atoms with E-state index in [1.54, 1.807) is 27.5 Å². The van der Waals surface area contributed by atoms with Crippen molar-refractivity contribution in [3.63, 3.8) is 0 Å². The maximum absolute atomic E-state index is 5.40. The summed E-state index contributed by atoms with van der Waals surface area (Å²) >= 11 is 0. The van der Waals surface area contributed by atoms with Crippen LogP contribution >= 0.6 is 0 Å². The Morgan fingerprint density at radius 1 is 1.11 bits per heavy atom. The Morgan fingerprint density at radius 3 is 2.41 bits per heavy atom. The van der Waals surface area contributed by atoms with Gasteiger partial charge in [-0.25, -0.2) is 4.99 Å². The van der Waals surface area contributed by atoms with Crippen LogP contribution in [-0.2, 0) is 13.1 Å². The molecule has 1 aromatic heterocycles. The Morgan fingerprint density at radius 2 is 1.85 bits per heavy atom. The summed E-state index contributed by atoms with van der Waals surface area (Å²) in [4.78, 5) is 4.64. The quantitative estimate of drug-likeness (QED) is 0.376. The average molecular weight is 375 g/mol. The summed E-state index contributed by atoms with van der Waals surface area (Å²) in [5.41, 5.74) is 0.971. The second kappa shape index (κ2) is 10.9. The average Bonchev–Trinajstić information content (AvgIpc) is 3.21. The molecule has 0 saturated heterocycles. The lowest BCUT2D eigenvalue weighted by molar-refractivity contribution is 0.324. The van der Waals surface area contributed by atoms with Gasteiger partial charge in [0.1, 0.15) is 0 Å². The molecule has 2 rings (SSSR count). The molecule has 0 amide bonds. The third-order valence-electron chi connectivity index (χ3n) is 3.90. The zero-order valence-electron chi connectivity index (χ0n) is 16.5. The fourth-order valence-electron chi connectivity index (χ4n) is 2.62. The number of ether oxygens (including phenoxy) is 3. The van der Waals surface area contributed by atoms with Crippen LogP contribution in [0.1, 0.15) is 18.9 Å². The van der Waals surface area contributed by atoms with E-state index in [4.69, 9.17) is 14.2 Å². The van der Waals surface area contributed by atoms with E-state index >= 15 is 0 Å². The first-order chi connectivity index (χ1) is 13.2. The van der Waals surface area contributed by atoms with Crippen LogP contribution in [0.25, 0.3) is 0 Å². The molecule has 8 nitrogen and oxygen atoms in total. The Hall–Kier alpha value is -2.90. The van der Waals surface area contributed by atoms with Crippen LogP contribution in [0.4, 0.5) is 0 Å². The van der Waals surface area contributed by atoms with Crippen molar-refractivity contribution in [1.82, 2.24) is 20.4 Å². The summed E-state index contributed by atoms with van der Waals surface area (Å²) in [7, 11) is 4.81. The van der Waals surface area contributed by atoms with E-state index in [0.29, 0.717) is 23.8 Å². The molecule has 27 heavy (non-hydrogen) atoms. The Labute approximate surface area is 160 Å². The zero-order valence-corrected chi connectivity index (χ0v) is 16.5. The Balaban J connectivity index is 1.98. The van der Waals surface area contributed by atoms with Gasteiger partial charge >= 0.3 is 0 Å². The molecule has 0 saturated carbocycles. The topological polar surface area (TPSA) is 81.9 Å². The van der Waals surface area contributed by atoms with Gasteiger partial charge in [-0.05, 0) is 37.1 Å². The maximum Gasteiger partial charge on any atom is 0.203 e. The van der Waals surface area contributed by atoms with E-state index in [-0.39, 0.29) is 0 Å². The van der Waals surface area contributed by atoms with Crippen LogP contribution in [-0.4, -0.2) is 50.2 Å². The summed E-state index contributed by atoms with van der Waals surface area (Å²) in [6, 6.07) is 5.74. The molecule has 0 bridgehead atoms. The predicted molar refractivity (Wildman–Crippen MR) is 106 cm³/mol. The highest BCUT2D eigenvalue weighted by atomic mass is 16.5. The highest BCUT2D eigenvalue weighted by Crippen LogP contribution is 2.38. The van der Waals surface area contributed by atoms with Crippen molar-refractivity contribution in [2.24, 2.45) is 4.99 Å². The first-order valence-corrected chi connectivity index (χ1v) is 9.00. The highest BCUT2D eigenvalue weighted by Gasteiger charge is 2.13. The van der Waals surface area contributed by atoms with Crippen molar-refractivity contribution >= 4 is 5.96 Å². The number of methoxy groups -OCH3 is 3. The van der Waals surface area contributed by atoms with E-state index in [2.05, 4.69) is 20.7 Å². The molecule has 0 unspecified atom stereocenters. The highest BCUT2D eigenvalue weighted by molar-refractivity contribution is 5.79. The molecule has 2 N–H and O–H groups in total. The standard InChI is InChI=1S/C19H29N5O3/c1-5-20-19(21-8-6-10-24-11-7-9-23-24)22-14-15-12-16(25-2)18(27-4)17(13-15)26-3/h7,9,11-13H,5-6,8,10,14H2,1-4H3,(H2,20,21,22). The molecular formula is C19H29N5O3. The summed E-state index contributed by atoms with van der Waals surface area (Å²) in [5.74, 6) is 2.60. The van der Waals surface area contributed by atoms with Crippen LogP contribution in [0, 0.1) is 0 Å². The number of aliphatic imine (C=N–C) groups is 1. The summed E-state index contributed by atoms with van der Waals surface area (Å²) < 4.78 is 18.1. The smallest absolute Gasteiger partial charge is 0.203 e. The molecule has 2 aromatic rings. The molecule has 8 heteroatoms. The summed E-state index contributed by atoms with van der Waals surface area (Å²) in [6.45, 7) is 5.00. The molecular weight excluding hydrogens is 346 g/mol. The van der Waals surface area contributed by atoms with Crippen LogP contribution in [0.5, 0.6) is 17.2 Å². The molecule has 0 radical (unpaired) electrons. The third kappa shape index (κ3) is 6.09. The minimum absolute atomic E-state index is 0.491. The van der Waals surface area contributed by atoms with Crippen molar-refractivity contribution in [2.45, 2.75) is 26.4 Å². The van der Waals surface area contributed by atoms with Crippen molar-refractivity contribution < 1.29 is 14.2 Å². The van der Waals surface area contributed by atoms with E-state index < -0.39 is 0 Å². The molecule has 0 atom stereocenters. The summed E-state index contributed by atoms with van der Waals surface area (Å²) in [5, 5.41) is 10.8. The third-order valence-corrected chi connectivity index (χ3v) is 3.90. The van der Waals surface area contributed by atoms with Gasteiger partial charge in [-0.3, -0.25) is 4.68 Å². The molecule has 0 aliphatic heterocycles. The maximum atomic E-state index is 5.40. The Kier molecular flexibility index (Phi) is 8.28. The van der Waals surface area contributed by atoms with Gasteiger partial charge in [0.2, 0.25) is 5.75 Å². The van der Waals surface area contributed by atoms with Gasteiger partial charge < -0.3 is 24.8 Å². The van der Waals surface area contributed by atoms with Gasteiger partial charge in [-0.1, -0.05) is 0 Å². The molecule has 1 aromatic carbocycles. The fraction of sp³-hybridized carbons (Fsp3) is 0.474. The number of benzene rings is 1. The first-order valence-electron chi connectivity index (χ1n) is 9.00. The fourth-order valence-corrected chi connectivity index (χ4v) is 2.62. The van der Waals surface area contributed by atoms with E-state index in [9.17, 15) is 0 Å². The number of aromatic nitrogens is 2. The Bertz CT molecular complexity index is 691. The molecule has 0 spiro atoms. The normalized spacial score (nSPS) is 11.2. The van der Waals surface area contributed by atoms with Crippen molar-refractivity contribution in [2.75, 3.05) is 34.4 Å². The number of nitrogens with zero attached hydrogens (tertiary/aromatic N) is 3. The van der Waals surface area contributed by atoms with Gasteiger partial charge in [-0.2, -0.15) is 5.10 Å². The number of rotatable bonds is 10. The van der Waals surface area contributed by atoms with Gasteiger partial charge in [0.05, 0.1) is 27.9 Å². The molecule has 0 aliphatic carbocycles. The lowest BCUT2D eigenvalue weighted by Gasteiger charge is -2.14. The minimum atomic E-state index is 0.491. The van der Waals surface area contributed by atoms with Crippen LogP contribution < -0.4 is 24.8 Å². The summed E-state index contributed by atoms with van der Waals surface area (Å²) in [6.07, 6.45) is 4.70. The van der Waals surface area contributed by atoms with E-state index in [1.807, 2.05) is 36.0 Å². The monoisotopic (exact) mass is 375 g/mol.